The van der Waals surface area contributed by atoms with Crippen molar-refractivity contribution in [1.82, 2.24) is 9.97 Å². The Morgan fingerprint density at radius 3 is 2.86 bits per heavy atom. The number of rotatable bonds is 3. The topological polar surface area (TPSA) is 52.1 Å². The molecule has 0 spiro atoms. The second kappa shape index (κ2) is 5.73. The van der Waals surface area contributed by atoms with Crippen LogP contribution in [0, 0.1) is 12.3 Å². The summed E-state index contributed by atoms with van der Waals surface area (Å²) in [5.74, 6) is 1.85. The van der Waals surface area contributed by atoms with Crippen LogP contribution in [0.2, 0.25) is 0 Å². The monoisotopic (exact) mass is 294 g/mol. The number of carbonyl (C=O) groups excluding carboxylic acids is 1. The fourth-order valence-electron chi connectivity index (χ4n) is 1.86. The van der Waals surface area contributed by atoms with Gasteiger partial charge < -0.3 is 4.74 Å². The molecule has 0 aliphatic carbocycles. The van der Waals surface area contributed by atoms with Crippen molar-refractivity contribution in [3.8, 4) is 22.9 Å². The third-order valence-electron chi connectivity index (χ3n) is 2.84. The first kappa shape index (κ1) is 13.3. The Bertz CT molecular complexity index is 834. The van der Waals surface area contributed by atoms with Crippen LogP contribution < -0.4 is 0 Å². The zero-order chi connectivity index (χ0) is 14.7. The molecule has 0 N–H and O–H groups in total. The lowest BCUT2D eigenvalue weighted by Gasteiger charge is -2.00. The zero-order valence-corrected chi connectivity index (χ0v) is 11.8. The van der Waals surface area contributed by atoms with Crippen molar-refractivity contribution in [3.63, 3.8) is 0 Å². The molecular formula is C16H10N2O2S. The smallest absolute Gasteiger partial charge is 0.339 e. The average Bonchev–Trinajstić information content (AvgIpc) is 2.96. The Morgan fingerprint density at radius 2 is 2.10 bits per heavy atom. The van der Waals surface area contributed by atoms with Crippen LogP contribution in [0.25, 0.3) is 20.8 Å². The first-order chi connectivity index (χ1) is 10.3. The quantitative estimate of drug-likeness (QED) is 0.550. The molecule has 0 radical (unpaired) electrons. The van der Waals surface area contributed by atoms with Crippen molar-refractivity contribution in [2.24, 2.45) is 0 Å². The summed E-state index contributed by atoms with van der Waals surface area (Å²) in [6.07, 6.45) is 8.53. The molecule has 5 heteroatoms. The maximum Gasteiger partial charge on any atom is 0.339 e. The summed E-state index contributed by atoms with van der Waals surface area (Å²) in [5, 5.41) is 0.890. The highest BCUT2D eigenvalue weighted by atomic mass is 32.1. The van der Waals surface area contributed by atoms with Gasteiger partial charge in [-0.3, -0.25) is 4.98 Å². The van der Waals surface area contributed by atoms with E-state index in [1.165, 1.54) is 11.3 Å². The van der Waals surface area contributed by atoms with Crippen LogP contribution in [0.15, 0.2) is 42.7 Å². The number of pyridine rings is 1. The van der Waals surface area contributed by atoms with Crippen LogP contribution in [0.5, 0.6) is 0 Å². The fraction of sp³-hybridized carbons (Fsp3) is 0.0625. The summed E-state index contributed by atoms with van der Waals surface area (Å²) in [6, 6.07) is 9.08. The van der Waals surface area contributed by atoms with E-state index in [0.717, 1.165) is 20.8 Å². The van der Waals surface area contributed by atoms with E-state index in [2.05, 4.69) is 15.9 Å². The highest BCUT2D eigenvalue weighted by Crippen LogP contribution is 2.30. The van der Waals surface area contributed by atoms with E-state index in [4.69, 9.17) is 11.2 Å². The van der Waals surface area contributed by atoms with Gasteiger partial charge in [0.25, 0.3) is 0 Å². The summed E-state index contributed by atoms with van der Waals surface area (Å²) in [6.45, 7) is -0.0260. The van der Waals surface area contributed by atoms with Crippen LogP contribution in [-0.4, -0.2) is 22.5 Å². The summed E-state index contributed by atoms with van der Waals surface area (Å²) in [7, 11) is 0. The van der Waals surface area contributed by atoms with Gasteiger partial charge in [0, 0.05) is 18.0 Å². The van der Waals surface area contributed by atoms with Crippen LogP contribution in [0.3, 0.4) is 0 Å². The van der Waals surface area contributed by atoms with Crippen LogP contribution in [-0.2, 0) is 4.74 Å². The van der Waals surface area contributed by atoms with E-state index in [0.29, 0.717) is 5.56 Å². The number of aromatic nitrogens is 2. The highest BCUT2D eigenvalue weighted by molar-refractivity contribution is 7.21. The third-order valence-corrected chi connectivity index (χ3v) is 3.91. The summed E-state index contributed by atoms with van der Waals surface area (Å²) in [5.41, 5.74) is 2.32. The molecule has 3 aromatic rings. The maximum absolute atomic E-state index is 11.8. The van der Waals surface area contributed by atoms with Crippen molar-refractivity contribution >= 4 is 27.5 Å². The molecule has 2 aromatic heterocycles. The number of carbonyl (C=O) groups is 1. The normalized spacial score (nSPS) is 10.2. The van der Waals surface area contributed by atoms with Gasteiger partial charge in [-0.05, 0) is 30.3 Å². The molecule has 0 fully saturated rings. The average molecular weight is 294 g/mol. The third kappa shape index (κ3) is 2.76. The fourth-order valence-corrected chi connectivity index (χ4v) is 2.87. The Hall–Kier alpha value is -2.71. The molecule has 0 bridgehead atoms. The predicted octanol–water partition coefficient (Wildman–Crippen LogP) is 3.15. The van der Waals surface area contributed by atoms with Crippen molar-refractivity contribution in [2.45, 2.75) is 0 Å². The number of esters is 1. The molecule has 3 rings (SSSR count). The zero-order valence-electron chi connectivity index (χ0n) is 10.9. The first-order valence-electron chi connectivity index (χ1n) is 6.19. The van der Waals surface area contributed by atoms with Crippen molar-refractivity contribution < 1.29 is 9.53 Å². The minimum Gasteiger partial charge on any atom is -0.449 e. The number of benzene rings is 1. The van der Waals surface area contributed by atoms with Crippen molar-refractivity contribution in [3.05, 3.63) is 48.3 Å². The number of nitrogens with zero attached hydrogens (tertiary/aromatic N) is 2. The molecule has 4 nitrogen and oxygen atoms in total. The molecule has 0 amide bonds. The van der Waals surface area contributed by atoms with Crippen molar-refractivity contribution in [2.75, 3.05) is 6.61 Å². The van der Waals surface area contributed by atoms with Crippen LogP contribution in [0.4, 0.5) is 0 Å². The lowest BCUT2D eigenvalue weighted by molar-refractivity contribution is 0.0557. The summed E-state index contributed by atoms with van der Waals surface area (Å²) >= 11 is 1.52. The van der Waals surface area contributed by atoms with Gasteiger partial charge in [0.15, 0.2) is 6.61 Å². The standard InChI is InChI=1S/C16H10N2O2S/c1-2-9-20-16(19)12-3-4-13-14(10-12)21-15(18-13)11-5-7-17-8-6-11/h1,3-8,10H,9H2. The molecular weight excluding hydrogens is 284 g/mol. The lowest BCUT2D eigenvalue weighted by atomic mass is 10.2. The van der Waals surface area contributed by atoms with E-state index >= 15 is 0 Å². The van der Waals surface area contributed by atoms with E-state index in [1.54, 1.807) is 24.5 Å². The molecule has 1 aromatic carbocycles. The Kier molecular flexibility index (Phi) is 3.63. The number of ether oxygens (including phenoxy) is 1. The predicted molar refractivity (Wildman–Crippen MR) is 82.0 cm³/mol. The number of terminal acetylenes is 1. The minimum absolute atomic E-state index is 0.0260. The van der Waals surface area contributed by atoms with Gasteiger partial charge in [-0.1, -0.05) is 5.92 Å². The van der Waals surface area contributed by atoms with Gasteiger partial charge in [0.2, 0.25) is 0 Å². The van der Waals surface area contributed by atoms with E-state index < -0.39 is 5.97 Å². The molecule has 2 heterocycles. The van der Waals surface area contributed by atoms with Crippen molar-refractivity contribution in [1.29, 1.82) is 0 Å². The minimum atomic E-state index is -0.422. The SMILES string of the molecule is C#CCOC(=O)c1ccc2nc(-c3ccncc3)sc2c1. The molecule has 0 atom stereocenters. The Labute approximate surface area is 125 Å². The summed E-state index contributed by atoms with van der Waals surface area (Å²) < 4.78 is 5.85. The lowest BCUT2D eigenvalue weighted by Crippen LogP contribution is -2.04. The van der Waals surface area contributed by atoms with E-state index in [1.807, 2.05) is 18.2 Å². The van der Waals surface area contributed by atoms with Gasteiger partial charge in [-0.2, -0.15) is 0 Å². The van der Waals surface area contributed by atoms with Gasteiger partial charge in [0.1, 0.15) is 5.01 Å². The highest BCUT2D eigenvalue weighted by Gasteiger charge is 2.11. The molecule has 0 aliphatic heterocycles. The maximum atomic E-state index is 11.8. The van der Waals surface area contributed by atoms with Crippen LogP contribution >= 0.6 is 11.3 Å². The van der Waals surface area contributed by atoms with Crippen LogP contribution in [0.1, 0.15) is 10.4 Å². The van der Waals surface area contributed by atoms with Gasteiger partial charge in [-0.15, -0.1) is 17.8 Å². The number of hydrogen-bond acceptors (Lipinski definition) is 5. The summed E-state index contributed by atoms with van der Waals surface area (Å²) in [4.78, 5) is 20.3. The largest absolute Gasteiger partial charge is 0.449 e. The van der Waals surface area contributed by atoms with Gasteiger partial charge >= 0.3 is 5.97 Å². The number of fused-ring (bicyclic) bond motifs is 1. The molecule has 0 unspecified atom stereocenters. The molecule has 0 saturated heterocycles. The second-order valence-electron chi connectivity index (χ2n) is 4.22. The number of thiazole rings is 1. The first-order valence-corrected chi connectivity index (χ1v) is 7.01. The van der Waals surface area contributed by atoms with Gasteiger partial charge in [-0.25, -0.2) is 9.78 Å². The number of hydrogen-bond donors (Lipinski definition) is 0. The molecule has 21 heavy (non-hydrogen) atoms. The van der Waals surface area contributed by atoms with E-state index in [9.17, 15) is 4.79 Å². The Balaban J connectivity index is 1.96. The van der Waals surface area contributed by atoms with Gasteiger partial charge in [0.05, 0.1) is 15.8 Å². The second-order valence-corrected chi connectivity index (χ2v) is 5.25. The molecule has 0 saturated carbocycles. The van der Waals surface area contributed by atoms with E-state index in [-0.39, 0.29) is 6.61 Å². The molecule has 102 valence electrons. The Morgan fingerprint density at radius 1 is 1.29 bits per heavy atom. The molecule has 0 aliphatic rings.